The van der Waals surface area contributed by atoms with Gasteiger partial charge in [0.15, 0.2) is 11.5 Å². The molecule has 1 atom stereocenters. The Morgan fingerprint density at radius 1 is 1.15 bits per heavy atom. The molecular weight excluding hydrogens is 448 g/mol. The lowest BCUT2D eigenvalue weighted by molar-refractivity contribution is -0.384. The second kappa shape index (κ2) is 9.54. The summed E-state index contributed by atoms with van der Waals surface area (Å²) in [5.74, 6) is 1.36. The van der Waals surface area contributed by atoms with Crippen LogP contribution in [-0.4, -0.2) is 65.2 Å². The molecule has 33 heavy (non-hydrogen) atoms. The van der Waals surface area contributed by atoms with E-state index in [0.29, 0.717) is 43.5 Å². The summed E-state index contributed by atoms with van der Waals surface area (Å²) in [5, 5.41) is 11.9. The van der Waals surface area contributed by atoms with Crippen LogP contribution in [0.1, 0.15) is 24.4 Å². The smallest absolute Gasteiger partial charge is 0.293 e. The topological polar surface area (TPSA) is 114 Å². The van der Waals surface area contributed by atoms with Crippen molar-refractivity contribution in [3.8, 4) is 11.5 Å². The number of anilines is 1. The minimum absolute atomic E-state index is 0.0831. The fourth-order valence-corrected chi connectivity index (χ4v) is 5.26. The minimum atomic E-state index is -3.86. The maximum absolute atomic E-state index is 12.7. The SMILES string of the molecule is CN(C)CCNS(=O)(=O)c1ccc(N2CCCC2c2ccc3c(c2)OCCO3)c([N+](=O)[O-])c1. The molecule has 0 spiro atoms. The van der Waals surface area contributed by atoms with Crippen molar-refractivity contribution in [3.63, 3.8) is 0 Å². The molecule has 2 aromatic carbocycles. The molecule has 2 heterocycles. The van der Waals surface area contributed by atoms with Crippen LogP contribution < -0.4 is 19.1 Å². The second-order valence-corrected chi connectivity index (χ2v) is 10.1. The molecule has 4 rings (SSSR count). The molecule has 0 bridgehead atoms. The first-order chi connectivity index (χ1) is 15.8. The number of ether oxygens (including phenoxy) is 2. The molecule has 0 radical (unpaired) electrons. The minimum Gasteiger partial charge on any atom is -0.486 e. The zero-order valence-electron chi connectivity index (χ0n) is 18.7. The number of nitro groups is 1. The van der Waals surface area contributed by atoms with Gasteiger partial charge in [0, 0.05) is 25.7 Å². The molecule has 0 amide bonds. The summed E-state index contributed by atoms with van der Waals surface area (Å²) in [5.41, 5.74) is 1.16. The van der Waals surface area contributed by atoms with E-state index < -0.39 is 14.9 Å². The van der Waals surface area contributed by atoms with Crippen LogP contribution >= 0.6 is 0 Å². The van der Waals surface area contributed by atoms with Gasteiger partial charge in [-0.2, -0.15) is 0 Å². The summed E-state index contributed by atoms with van der Waals surface area (Å²) in [7, 11) is -0.187. The third-order valence-electron chi connectivity index (χ3n) is 5.82. The molecule has 0 saturated carbocycles. The summed E-state index contributed by atoms with van der Waals surface area (Å²) in [6.07, 6.45) is 1.69. The van der Waals surface area contributed by atoms with E-state index in [1.54, 1.807) is 0 Å². The van der Waals surface area contributed by atoms with Gasteiger partial charge in [-0.05, 0) is 56.8 Å². The van der Waals surface area contributed by atoms with Crippen LogP contribution in [0.2, 0.25) is 0 Å². The zero-order chi connectivity index (χ0) is 23.6. The van der Waals surface area contributed by atoms with E-state index in [4.69, 9.17) is 9.47 Å². The average molecular weight is 477 g/mol. The van der Waals surface area contributed by atoms with Crippen molar-refractivity contribution in [3.05, 3.63) is 52.1 Å². The Labute approximate surface area is 193 Å². The molecule has 1 saturated heterocycles. The molecule has 178 valence electrons. The van der Waals surface area contributed by atoms with Crippen molar-refractivity contribution in [1.29, 1.82) is 0 Å². The second-order valence-electron chi connectivity index (χ2n) is 8.36. The van der Waals surface area contributed by atoms with E-state index in [1.807, 2.05) is 42.1 Å². The molecular formula is C22H28N4O6S. The van der Waals surface area contributed by atoms with Crippen LogP contribution in [0.3, 0.4) is 0 Å². The summed E-state index contributed by atoms with van der Waals surface area (Å²) in [6.45, 7) is 2.35. The first-order valence-corrected chi connectivity index (χ1v) is 12.3. The summed E-state index contributed by atoms with van der Waals surface area (Å²) >= 11 is 0. The molecule has 1 N–H and O–H groups in total. The highest BCUT2D eigenvalue weighted by atomic mass is 32.2. The number of nitro benzene ring substituents is 1. The summed E-state index contributed by atoms with van der Waals surface area (Å²) in [4.78, 5) is 15.1. The molecule has 10 nitrogen and oxygen atoms in total. The van der Waals surface area contributed by atoms with Gasteiger partial charge in [0.1, 0.15) is 18.9 Å². The molecule has 0 aromatic heterocycles. The lowest BCUT2D eigenvalue weighted by Crippen LogP contribution is -2.31. The van der Waals surface area contributed by atoms with Crippen molar-refractivity contribution in [2.24, 2.45) is 0 Å². The van der Waals surface area contributed by atoms with E-state index in [9.17, 15) is 18.5 Å². The molecule has 2 aliphatic rings. The number of nitrogens with one attached hydrogen (secondary N) is 1. The van der Waals surface area contributed by atoms with Crippen molar-refractivity contribution in [2.45, 2.75) is 23.8 Å². The third-order valence-corrected chi connectivity index (χ3v) is 7.28. The quantitative estimate of drug-likeness (QED) is 0.457. The van der Waals surface area contributed by atoms with Crippen molar-refractivity contribution >= 4 is 21.4 Å². The predicted molar refractivity (Wildman–Crippen MR) is 124 cm³/mol. The predicted octanol–water partition coefficient (Wildman–Crippen LogP) is 2.55. The van der Waals surface area contributed by atoms with Gasteiger partial charge in [0.25, 0.3) is 5.69 Å². The van der Waals surface area contributed by atoms with E-state index in [1.165, 1.54) is 12.1 Å². The highest BCUT2D eigenvalue weighted by Crippen LogP contribution is 2.43. The van der Waals surface area contributed by atoms with Crippen molar-refractivity contribution in [1.82, 2.24) is 9.62 Å². The van der Waals surface area contributed by atoms with E-state index >= 15 is 0 Å². The Bertz CT molecular complexity index is 1140. The van der Waals surface area contributed by atoms with Crippen LogP contribution in [0.15, 0.2) is 41.3 Å². The van der Waals surface area contributed by atoms with Gasteiger partial charge < -0.3 is 19.3 Å². The first-order valence-electron chi connectivity index (χ1n) is 10.9. The number of hydrogen-bond donors (Lipinski definition) is 1. The maximum Gasteiger partial charge on any atom is 0.293 e. The van der Waals surface area contributed by atoms with E-state index in [0.717, 1.165) is 24.5 Å². The van der Waals surface area contributed by atoms with Crippen LogP contribution in [0.25, 0.3) is 0 Å². The van der Waals surface area contributed by atoms with Gasteiger partial charge in [-0.25, -0.2) is 13.1 Å². The number of rotatable bonds is 8. The lowest BCUT2D eigenvalue weighted by Gasteiger charge is -2.28. The maximum atomic E-state index is 12.7. The third kappa shape index (κ3) is 5.05. The number of likely N-dealkylation sites (N-methyl/N-ethyl adjacent to an activating group) is 1. The van der Waals surface area contributed by atoms with E-state index in [2.05, 4.69) is 4.72 Å². The summed E-state index contributed by atoms with van der Waals surface area (Å²) in [6, 6.07) is 9.78. The van der Waals surface area contributed by atoms with Gasteiger partial charge in [-0.3, -0.25) is 10.1 Å². The number of hydrogen-bond acceptors (Lipinski definition) is 8. The van der Waals surface area contributed by atoms with Crippen LogP contribution in [0.5, 0.6) is 11.5 Å². The Balaban J connectivity index is 1.63. The molecule has 1 fully saturated rings. The highest BCUT2D eigenvalue weighted by molar-refractivity contribution is 7.89. The molecule has 2 aliphatic heterocycles. The fourth-order valence-electron chi connectivity index (χ4n) is 4.22. The van der Waals surface area contributed by atoms with Crippen LogP contribution in [0, 0.1) is 10.1 Å². The van der Waals surface area contributed by atoms with Crippen molar-refractivity contribution in [2.75, 3.05) is 51.8 Å². The van der Waals surface area contributed by atoms with Gasteiger partial charge in [-0.1, -0.05) is 6.07 Å². The Hall–Kier alpha value is -2.89. The van der Waals surface area contributed by atoms with Gasteiger partial charge >= 0.3 is 0 Å². The Morgan fingerprint density at radius 3 is 2.64 bits per heavy atom. The largest absolute Gasteiger partial charge is 0.486 e. The Kier molecular flexibility index (Phi) is 6.73. The number of fused-ring (bicyclic) bond motifs is 1. The average Bonchev–Trinajstić information content (AvgIpc) is 3.27. The van der Waals surface area contributed by atoms with Crippen LogP contribution in [-0.2, 0) is 10.0 Å². The molecule has 11 heteroatoms. The normalized spacial score (nSPS) is 18.0. The van der Waals surface area contributed by atoms with Gasteiger partial charge in [-0.15, -0.1) is 0 Å². The van der Waals surface area contributed by atoms with E-state index in [-0.39, 0.29) is 23.2 Å². The van der Waals surface area contributed by atoms with Gasteiger partial charge in [0.05, 0.1) is 15.9 Å². The molecule has 0 aliphatic carbocycles. The Morgan fingerprint density at radius 2 is 1.91 bits per heavy atom. The van der Waals surface area contributed by atoms with Crippen LogP contribution in [0.4, 0.5) is 11.4 Å². The lowest BCUT2D eigenvalue weighted by atomic mass is 10.0. The highest BCUT2D eigenvalue weighted by Gasteiger charge is 2.33. The van der Waals surface area contributed by atoms with Gasteiger partial charge in [0.2, 0.25) is 10.0 Å². The monoisotopic (exact) mass is 476 g/mol. The van der Waals surface area contributed by atoms with Crippen molar-refractivity contribution < 1.29 is 22.8 Å². The number of benzene rings is 2. The zero-order valence-corrected chi connectivity index (χ0v) is 19.5. The molecule has 2 aromatic rings. The number of nitrogens with zero attached hydrogens (tertiary/aromatic N) is 3. The first kappa shape index (κ1) is 23.3. The molecule has 1 unspecified atom stereocenters. The number of sulfonamides is 1. The standard InChI is InChI=1S/C22H28N4O6S/c1-24(2)11-9-23-33(29,30)17-6-7-19(20(15-17)26(27)28)25-10-3-4-18(25)16-5-8-21-22(14-16)32-13-12-31-21/h5-8,14-15,18,23H,3-4,9-13H2,1-2H3. The fraction of sp³-hybridized carbons (Fsp3) is 0.455. The summed E-state index contributed by atoms with van der Waals surface area (Å²) < 4.78 is 39.1.